The monoisotopic (exact) mass is 236 g/mol. The lowest BCUT2D eigenvalue weighted by Gasteiger charge is -2.20. The van der Waals surface area contributed by atoms with E-state index in [9.17, 15) is 9.90 Å². The highest BCUT2D eigenvalue weighted by atomic mass is 16.5. The minimum absolute atomic E-state index is 0.0620. The number of hydrogen-bond donors (Lipinski definition) is 1. The van der Waals surface area contributed by atoms with Gasteiger partial charge in [0.15, 0.2) is 0 Å². The third-order valence-corrected chi connectivity index (χ3v) is 2.54. The standard InChI is InChI=1S/C14H20O3/c1-5-8-17-12-7-6-10(14(2,3)4)9-11(12)13(15)16/h6-7,9H,5,8H2,1-4H3,(H,15,16). The van der Waals surface area contributed by atoms with E-state index in [2.05, 4.69) is 20.8 Å². The van der Waals surface area contributed by atoms with Gasteiger partial charge in [-0.05, 0) is 29.5 Å². The quantitative estimate of drug-likeness (QED) is 0.870. The van der Waals surface area contributed by atoms with Gasteiger partial charge in [0.25, 0.3) is 0 Å². The third-order valence-electron chi connectivity index (χ3n) is 2.54. The molecule has 0 unspecified atom stereocenters. The number of carboxylic acid groups (broad SMARTS) is 1. The zero-order valence-corrected chi connectivity index (χ0v) is 10.9. The third kappa shape index (κ3) is 3.48. The second-order valence-corrected chi connectivity index (χ2v) is 5.11. The van der Waals surface area contributed by atoms with Crippen LogP contribution in [0.2, 0.25) is 0 Å². The lowest BCUT2D eigenvalue weighted by atomic mass is 9.86. The van der Waals surface area contributed by atoms with Crippen LogP contribution in [0.5, 0.6) is 5.75 Å². The van der Waals surface area contributed by atoms with E-state index in [1.807, 2.05) is 13.0 Å². The van der Waals surface area contributed by atoms with Crippen molar-refractivity contribution in [2.75, 3.05) is 6.61 Å². The number of carboxylic acids is 1. The molecule has 0 saturated carbocycles. The summed E-state index contributed by atoms with van der Waals surface area (Å²) >= 11 is 0. The average molecular weight is 236 g/mol. The molecule has 3 nitrogen and oxygen atoms in total. The molecule has 0 aromatic heterocycles. The normalized spacial score (nSPS) is 11.3. The highest BCUT2D eigenvalue weighted by Gasteiger charge is 2.18. The van der Waals surface area contributed by atoms with Crippen molar-refractivity contribution in [3.05, 3.63) is 29.3 Å². The van der Waals surface area contributed by atoms with E-state index < -0.39 is 5.97 Å². The molecule has 1 rings (SSSR count). The molecule has 0 aliphatic rings. The van der Waals surface area contributed by atoms with E-state index in [0.717, 1.165) is 12.0 Å². The number of benzene rings is 1. The van der Waals surface area contributed by atoms with E-state index >= 15 is 0 Å². The molecule has 0 atom stereocenters. The molecule has 1 N–H and O–H groups in total. The number of hydrogen-bond acceptors (Lipinski definition) is 2. The maximum atomic E-state index is 11.2. The Morgan fingerprint density at radius 2 is 2.00 bits per heavy atom. The van der Waals surface area contributed by atoms with Crippen LogP contribution in [0.15, 0.2) is 18.2 Å². The van der Waals surface area contributed by atoms with Gasteiger partial charge >= 0.3 is 5.97 Å². The Hall–Kier alpha value is -1.51. The Balaban J connectivity index is 3.13. The summed E-state index contributed by atoms with van der Waals surface area (Å²) in [5.41, 5.74) is 1.18. The van der Waals surface area contributed by atoms with Crippen molar-refractivity contribution >= 4 is 5.97 Å². The predicted octanol–water partition coefficient (Wildman–Crippen LogP) is 3.47. The summed E-state index contributed by atoms with van der Waals surface area (Å²) in [5, 5.41) is 9.18. The van der Waals surface area contributed by atoms with Crippen molar-refractivity contribution in [1.29, 1.82) is 0 Å². The number of aromatic carboxylic acids is 1. The summed E-state index contributed by atoms with van der Waals surface area (Å²) in [6, 6.07) is 5.38. The minimum atomic E-state index is -0.942. The van der Waals surface area contributed by atoms with Gasteiger partial charge in [0.1, 0.15) is 11.3 Å². The van der Waals surface area contributed by atoms with Gasteiger partial charge in [0, 0.05) is 0 Å². The Kier molecular flexibility index (Phi) is 4.16. The van der Waals surface area contributed by atoms with Crippen molar-refractivity contribution < 1.29 is 14.6 Å². The number of carbonyl (C=O) groups is 1. The molecule has 0 bridgehead atoms. The molecule has 1 aromatic rings. The molecule has 0 spiro atoms. The molecule has 0 radical (unpaired) electrons. The fourth-order valence-electron chi connectivity index (χ4n) is 1.50. The van der Waals surface area contributed by atoms with Crippen molar-refractivity contribution in [1.82, 2.24) is 0 Å². The molecule has 0 aliphatic carbocycles. The first kappa shape index (κ1) is 13.6. The Labute approximate surface area is 102 Å². The summed E-state index contributed by atoms with van der Waals surface area (Å²) in [6.07, 6.45) is 0.861. The van der Waals surface area contributed by atoms with Gasteiger partial charge < -0.3 is 9.84 Å². The van der Waals surface area contributed by atoms with Crippen LogP contribution in [0, 0.1) is 0 Å². The van der Waals surface area contributed by atoms with Crippen LogP contribution in [0.1, 0.15) is 50.0 Å². The van der Waals surface area contributed by atoms with Gasteiger partial charge in [-0.1, -0.05) is 33.8 Å². The molecule has 0 saturated heterocycles. The highest BCUT2D eigenvalue weighted by Crippen LogP contribution is 2.28. The maximum Gasteiger partial charge on any atom is 0.339 e. The SMILES string of the molecule is CCCOc1ccc(C(C)(C)C)cc1C(=O)O. The molecule has 3 heteroatoms. The van der Waals surface area contributed by atoms with Crippen LogP contribution >= 0.6 is 0 Å². The van der Waals surface area contributed by atoms with Gasteiger partial charge in [0.05, 0.1) is 6.61 Å². The zero-order valence-electron chi connectivity index (χ0n) is 10.9. The summed E-state index contributed by atoms with van der Waals surface area (Å²) < 4.78 is 5.43. The molecule has 1 aromatic carbocycles. The minimum Gasteiger partial charge on any atom is -0.493 e. The molecular weight excluding hydrogens is 216 g/mol. The molecular formula is C14H20O3. The second kappa shape index (κ2) is 5.21. The first-order chi connectivity index (χ1) is 7.86. The Bertz CT molecular complexity index is 402. The van der Waals surface area contributed by atoms with Gasteiger partial charge in [-0.25, -0.2) is 4.79 Å². The second-order valence-electron chi connectivity index (χ2n) is 5.11. The van der Waals surface area contributed by atoms with Gasteiger partial charge in [-0.2, -0.15) is 0 Å². The highest BCUT2D eigenvalue weighted by molar-refractivity contribution is 5.91. The van der Waals surface area contributed by atoms with Crippen LogP contribution in [-0.4, -0.2) is 17.7 Å². The fourth-order valence-corrected chi connectivity index (χ4v) is 1.50. The van der Waals surface area contributed by atoms with E-state index in [-0.39, 0.29) is 11.0 Å². The van der Waals surface area contributed by atoms with Crippen LogP contribution in [-0.2, 0) is 5.41 Å². The van der Waals surface area contributed by atoms with E-state index in [1.54, 1.807) is 12.1 Å². The first-order valence-electron chi connectivity index (χ1n) is 5.87. The van der Waals surface area contributed by atoms with Crippen molar-refractivity contribution in [2.45, 2.75) is 39.5 Å². The van der Waals surface area contributed by atoms with Crippen LogP contribution in [0.3, 0.4) is 0 Å². The summed E-state index contributed by atoms with van der Waals surface area (Å²) in [4.78, 5) is 11.2. The molecule has 17 heavy (non-hydrogen) atoms. The van der Waals surface area contributed by atoms with Crippen molar-refractivity contribution in [3.63, 3.8) is 0 Å². The van der Waals surface area contributed by atoms with E-state index in [1.165, 1.54) is 0 Å². The molecule has 0 amide bonds. The van der Waals surface area contributed by atoms with Crippen molar-refractivity contribution in [3.8, 4) is 5.75 Å². The lowest BCUT2D eigenvalue weighted by Crippen LogP contribution is -2.13. The van der Waals surface area contributed by atoms with Crippen molar-refractivity contribution in [2.24, 2.45) is 0 Å². The van der Waals surface area contributed by atoms with E-state index in [0.29, 0.717) is 12.4 Å². The van der Waals surface area contributed by atoms with Crippen LogP contribution in [0.25, 0.3) is 0 Å². The molecule has 0 heterocycles. The summed E-state index contributed by atoms with van der Waals surface area (Å²) in [5.74, 6) is -0.491. The Morgan fingerprint density at radius 3 is 2.47 bits per heavy atom. The number of ether oxygens (including phenoxy) is 1. The number of rotatable bonds is 4. The Morgan fingerprint density at radius 1 is 1.35 bits per heavy atom. The average Bonchev–Trinajstić information content (AvgIpc) is 2.24. The zero-order chi connectivity index (χ0) is 13.1. The van der Waals surface area contributed by atoms with E-state index in [4.69, 9.17) is 4.74 Å². The summed E-state index contributed by atoms with van der Waals surface area (Å²) in [6.45, 7) is 8.70. The van der Waals surface area contributed by atoms with Gasteiger partial charge in [0.2, 0.25) is 0 Å². The van der Waals surface area contributed by atoms with Gasteiger partial charge in [-0.3, -0.25) is 0 Å². The van der Waals surface area contributed by atoms with Crippen LogP contribution in [0.4, 0.5) is 0 Å². The molecule has 0 fully saturated rings. The molecule has 94 valence electrons. The van der Waals surface area contributed by atoms with Crippen LogP contribution < -0.4 is 4.74 Å². The maximum absolute atomic E-state index is 11.2. The first-order valence-corrected chi connectivity index (χ1v) is 5.87. The predicted molar refractivity (Wildman–Crippen MR) is 67.9 cm³/mol. The lowest BCUT2D eigenvalue weighted by molar-refractivity contribution is 0.0692. The topological polar surface area (TPSA) is 46.5 Å². The summed E-state index contributed by atoms with van der Waals surface area (Å²) in [7, 11) is 0. The largest absolute Gasteiger partial charge is 0.493 e. The smallest absolute Gasteiger partial charge is 0.339 e. The molecule has 0 aliphatic heterocycles. The van der Waals surface area contributed by atoms with Gasteiger partial charge in [-0.15, -0.1) is 0 Å². The fraction of sp³-hybridized carbons (Fsp3) is 0.500.